The van der Waals surface area contributed by atoms with E-state index >= 15 is 0 Å². The van der Waals surface area contributed by atoms with Crippen LogP contribution in [0.5, 0.6) is 0 Å². The standard InChI is InChI=1S/C20H23ClN2O3S/c1-16(17-7-3-2-4-8-17)15-20(24)22-11-13-23(14-12-22)27(25,26)19-10-6-5-9-18(19)21/h2-10,16H,11-15H2,1H3/t16-/m0/s1. The lowest BCUT2D eigenvalue weighted by Crippen LogP contribution is -2.50. The Morgan fingerprint density at radius 2 is 1.59 bits per heavy atom. The summed E-state index contributed by atoms with van der Waals surface area (Å²) >= 11 is 6.05. The Kier molecular flexibility index (Phi) is 6.19. The number of rotatable bonds is 5. The minimum absolute atomic E-state index is 0.0566. The third-order valence-electron chi connectivity index (χ3n) is 4.90. The van der Waals surface area contributed by atoms with Crippen LogP contribution in [-0.2, 0) is 14.8 Å². The highest BCUT2D eigenvalue weighted by Gasteiger charge is 2.31. The summed E-state index contributed by atoms with van der Waals surface area (Å²) in [5.41, 5.74) is 1.13. The van der Waals surface area contributed by atoms with Gasteiger partial charge in [-0.05, 0) is 23.6 Å². The van der Waals surface area contributed by atoms with E-state index in [4.69, 9.17) is 11.6 Å². The first-order valence-corrected chi connectivity index (χ1v) is 10.8. The van der Waals surface area contributed by atoms with Crippen LogP contribution >= 0.6 is 11.6 Å². The van der Waals surface area contributed by atoms with Crippen LogP contribution in [0.4, 0.5) is 0 Å². The molecule has 144 valence electrons. The molecule has 1 aliphatic heterocycles. The zero-order valence-corrected chi connectivity index (χ0v) is 16.8. The molecule has 1 atom stereocenters. The van der Waals surface area contributed by atoms with Gasteiger partial charge in [0, 0.05) is 32.6 Å². The molecule has 0 saturated carbocycles. The third-order valence-corrected chi connectivity index (χ3v) is 7.29. The molecule has 3 rings (SSSR count). The van der Waals surface area contributed by atoms with Crippen LogP contribution in [0.2, 0.25) is 5.02 Å². The van der Waals surface area contributed by atoms with E-state index in [1.54, 1.807) is 23.1 Å². The molecule has 0 N–H and O–H groups in total. The van der Waals surface area contributed by atoms with Crippen molar-refractivity contribution >= 4 is 27.5 Å². The molecule has 5 nitrogen and oxygen atoms in total. The van der Waals surface area contributed by atoms with Gasteiger partial charge in [0.2, 0.25) is 15.9 Å². The van der Waals surface area contributed by atoms with Gasteiger partial charge in [-0.25, -0.2) is 8.42 Å². The van der Waals surface area contributed by atoms with Crippen LogP contribution < -0.4 is 0 Å². The number of amides is 1. The van der Waals surface area contributed by atoms with E-state index in [9.17, 15) is 13.2 Å². The summed E-state index contributed by atoms with van der Waals surface area (Å²) in [6, 6.07) is 16.4. The maximum absolute atomic E-state index is 12.8. The molecular formula is C20H23ClN2O3S. The molecule has 1 heterocycles. The number of carbonyl (C=O) groups excluding carboxylic acids is 1. The highest BCUT2D eigenvalue weighted by Crippen LogP contribution is 2.25. The summed E-state index contributed by atoms with van der Waals surface area (Å²) in [6.07, 6.45) is 0.418. The van der Waals surface area contributed by atoms with Gasteiger partial charge in [0.1, 0.15) is 4.90 Å². The average Bonchev–Trinajstić information content (AvgIpc) is 2.69. The lowest BCUT2D eigenvalue weighted by molar-refractivity contribution is -0.132. The second-order valence-corrected chi connectivity index (χ2v) is 9.04. The van der Waals surface area contributed by atoms with Gasteiger partial charge in [0.25, 0.3) is 0 Å². The minimum Gasteiger partial charge on any atom is -0.340 e. The van der Waals surface area contributed by atoms with Crippen LogP contribution in [0.3, 0.4) is 0 Å². The maximum atomic E-state index is 12.8. The van der Waals surface area contributed by atoms with E-state index in [1.165, 1.54) is 10.4 Å². The molecule has 0 aliphatic carbocycles. The number of benzene rings is 2. The molecule has 0 spiro atoms. The maximum Gasteiger partial charge on any atom is 0.244 e. The Morgan fingerprint density at radius 1 is 1.00 bits per heavy atom. The predicted molar refractivity (Wildman–Crippen MR) is 106 cm³/mol. The third kappa shape index (κ3) is 4.51. The quantitative estimate of drug-likeness (QED) is 0.764. The molecule has 7 heteroatoms. The van der Waals surface area contributed by atoms with E-state index < -0.39 is 10.0 Å². The van der Waals surface area contributed by atoms with Crippen molar-refractivity contribution in [1.29, 1.82) is 0 Å². The van der Waals surface area contributed by atoms with E-state index in [-0.39, 0.29) is 34.8 Å². The van der Waals surface area contributed by atoms with Gasteiger partial charge in [-0.2, -0.15) is 4.31 Å². The highest BCUT2D eigenvalue weighted by molar-refractivity contribution is 7.89. The second-order valence-electron chi connectivity index (χ2n) is 6.73. The number of piperazine rings is 1. The van der Waals surface area contributed by atoms with Gasteiger partial charge >= 0.3 is 0 Å². The van der Waals surface area contributed by atoms with Crippen LogP contribution in [0.1, 0.15) is 24.8 Å². The fourth-order valence-electron chi connectivity index (χ4n) is 3.26. The Labute approximate surface area is 165 Å². The molecule has 0 aromatic heterocycles. The van der Waals surface area contributed by atoms with Gasteiger partial charge in [-0.1, -0.05) is 61.0 Å². The van der Waals surface area contributed by atoms with E-state index in [2.05, 4.69) is 0 Å². The number of hydrogen-bond donors (Lipinski definition) is 0. The van der Waals surface area contributed by atoms with Gasteiger partial charge in [-0.15, -0.1) is 0 Å². The van der Waals surface area contributed by atoms with Gasteiger partial charge in [0.15, 0.2) is 0 Å². The molecule has 2 aromatic rings. The minimum atomic E-state index is -3.64. The molecule has 0 radical (unpaired) electrons. The molecule has 27 heavy (non-hydrogen) atoms. The summed E-state index contributed by atoms with van der Waals surface area (Å²) < 4.78 is 27.0. The first kappa shape index (κ1) is 19.9. The summed E-state index contributed by atoms with van der Waals surface area (Å²) in [5.74, 6) is 0.185. The molecule has 0 bridgehead atoms. The van der Waals surface area contributed by atoms with Crippen molar-refractivity contribution in [2.75, 3.05) is 26.2 Å². The Balaban J connectivity index is 1.60. The van der Waals surface area contributed by atoms with Gasteiger partial charge < -0.3 is 4.90 Å². The number of carbonyl (C=O) groups is 1. The first-order chi connectivity index (χ1) is 12.9. The van der Waals surface area contributed by atoms with Crippen molar-refractivity contribution in [2.45, 2.75) is 24.2 Å². The highest BCUT2D eigenvalue weighted by atomic mass is 35.5. The van der Waals surface area contributed by atoms with Gasteiger partial charge in [-0.3, -0.25) is 4.79 Å². The van der Waals surface area contributed by atoms with Crippen molar-refractivity contribution in [3.63, 3.8) is 0 Å². The smallest absolute Gasteiger partial charge is 0.244 e. The van der Waals surface area contributed by atoms with Crippen LogP contribution in [-0.4, -0.2) is 49.7 Å². The summed E-state index contributed by atoms with van der Waals surface area (Å²) in [7, 11) is -3.64. The lowest BCUT2D eigenvalue weighted by atomic mass is 9.97. The zero-order valence-electron chi connectivity index (χ0n) is 15.2. The van der Waals surface area contributed by atoms with Crippen molar-refractivity contribution in [3.8, 4) is 0 Å². The number of sulfonamides is 1. The Morgan fingerprint density at radius 3 is 2.22 bits per heavy atom. The molecule has 1 saturated heterocycles. The van der Waals surface area contributed by atoms with E-state index in [0.29, 0.717) is 19.5 Å². The Bertz CT molecular complexity index is 894. The number of nitrogens with zero attached hydrogens (tertiary/aromatic N) is 2. The lowest BCUT2D eigenvalue weighted by Gasteiger charge is -2.34. The Hall–Kier alpha value is -1.89. The van der Waals surface area contributed by atoms with E-state index in [1.807, 2.05) is 37.3 Å². The topological polar surface area (TPSA) is 57.7 Å². The normalized spacial score (nSPS) is 16.9. The molecule has 1 amide bonds. The van der Waals surface area contributed by atoms with Crippen molar-refractivity contribution in [1.82, 2.24) is 9.21 Å². The molecule has 1 fully saturated rings. The fourth-order valence-corrected chi connectivity index (χ4v) is 5.18. The second kappa shape index (κ2) is 8.42. The molecule has 2 aromatic carbocycles. The molecule has 0 unspecified atom stereocenters. The van der Waals surface area contributed by atoms with Crippen LogP contribution in [0, 0.1) is 0 Å². The van der Waals surface area contributed by atoms with Crippen LogP contribution in [0.25, 0.3) is 0 Å². The average molecular weight is 407 g/mol. The summed E-state index contributed by atoms with van der Waals surface area (Å²) in [6.45, 7) is 3.37. The monoisotopic (exact) mass is 406 g/mol. The predicted octanol–water partition coefficient (Wildman–Crippen LogP) is 3.37. The molecular weight excluding hydrogens is 384 g/mol. The van der Waals surface area contributed by atoms with E-state index in [0.717, 1.165) is 5.56 Å². The largest absolute Gasteiger partial charge is 0.340 e. The van der Waals surface area contributed by atoms with Crippen molar-refractivity contribution in [3.05, 3.63) is 65.2 Å². The number of hydrogen-bond acceptors (Lipinski definition) is 3. The molecule has 1 aliphatic rings. The van der Waals surface area contributed by atoms with Crippen molar-refractivity contribution in [2.24, 2.45) is 0 Å². The summed E-state index contributed by atoms with van der Waals surface area (Å²) in [5, 5.41) is 0.215. The number of halogens is 1. The zero-order chi connectivity index (χ0) is 19.4. The van der Waals surface area contributed by atoms with Gasteiger partial charge in [0.05, 0.1) is 5.02 Å². The SMILES string of the molecule is C[C@@H](CC(=O)N1CCN(S(=O)(=O)c2ccccc2Cl)CC1)c1ccccc1. The first-order valence-electron chi connectivity index (χ1n) is 8.97. The summed E-state index contributed by atoms with van der Waals surface area (Å²) in [4.78, 5) is 14.5. The fraction of sp³-hybridized carbons (Fsp3) is 0.350. The van der Waals surface area contributed by atoms with Crippen LogP contribution in [0.15, 0.2) is 59.5 Å². The van der Waals surface area contributed by atoms with Crippen molar-refractivity contribution < 1.29 is 13.2 Å².